The molecule has 2 aromatic heterocycles. The minimum atomic E-state index is 0.414. The summed E-state index contributed by atoms with van der Waals surface area (Å²) in [5, 5.41) is 8.10. The lowest BCUT2D eigenvalue weighted by Crippen LogP contribution is -1.94. The van der Waals surface area contributed by atoms with Gasteiger partial charge in [-0.05, 0) is 0 Å². The topological polar surface area (TPSA) is 90.7 Å². The zero-order valence-corrected chi connectivity index (χ0v) is 8.86. The Morgan fingerprint density at radius 1 is 1.33 bits per heavy atom. The van der Waals surface area contributed by atoms with Crippen LogP contribution < -0.4 is 5.73 Å². The molecule has 0 aromatic carbocycles. The van der Waals surface area contributed by atoms with Crippen molar-refractivity contribution in [3.8, 4) is 0 Å². The molecule has 2 N–H and O–H groups in total. The zero-order valence-electron chi connectivity index (χ0n) is 8.04. The van der Waals surface area contributed by atoms with Crippen LogP contribution in [-0.2, 0) is 5.75 Å². The van der Waals surface area contributed by atoms with Gasteiger partial charge in [-0.2, -0.15) is 0 Å². The van der Waals surface area contributed by atoms with Crippen LogP contribution in [0.15, 0.2) is 22.0 Å². The third kappa shape index (κ3) is 2.66. The Morgan fingerprint density at radius 3 is 2.80 bits per heavy atom. The molecule has 7 heteroatoms. The lowest BCUT2D eigenvalue weighted by atomic mass is 10.5. The number of rotatable bonds is 3. The van der Waals surface area contributed by atoms with Gasteiger partial charge < -0.3 is 10.2 Å². The Morgan fingerprint density at radius 2 is 2.20 bits per heavy atom. The maximum Gasteiger partial charge on any atom is 0.276 e. The van der Waals surface area contributed by atoms with Crippen LogP contribution in [0.4, 0.5) is 5.82 Å². The number of aryl methyl sites for hydroxylation is 1. The number of nitrogen functional groups attached to an aromatic ring is 1. The van der Waals surface area contributed by atoms with Gasteiger partial charge in [0.05, 0.1) is 18.1 Å². The number of anilines is 1. The number of hydrogen-bond donors (Lipinski definition) is 1. The van der Waals surface area contributed by atoms with E-state index in [1.165, 1.54) is 18.0 Å². The van der Waals surface area contributed by atoms with Gasteiger partial charge in [0.2, 0.25) is 5.89 Å². The van der Waals surface area contributed by atoms with Gasteiger partial charge in [-0.15, -0.1) is 10.2 Å². The van der Waals surface area contributed by atoms with Gasteiger partial charge in [0.25, 0.3) is 5.22 Å². The Bertz CT molecular complexity index is 441. The SMILES string of the molecule is Cc1nnc(SCc2cnc(N)cn2)o1. The molecule has 0 aliphatic heterocycles. The molecule has 2 rings (SSSR count). The Balaban J connectivity index is 1.96. The second-order valence-corrected chi connectivity index (χ2v) is 3.73. The van der Waals surface area contributed by atoms with Crippen molar-refractivity contribution < 1.29 is 4.42 Å². The normalized spacial score (nSPS) is 10.5. The van der Waals surface area contributed by atoms with Crippen molar-refractivity contribution >= 4 is 17.6 Å². The van der Waals surface area contributed by atoms with Crippen molar-refractivity contribution in [2.75, 3.05) is 5.73 Å². The minimum Gasteiger partial charge on any atom is -0.416 e. The molecule has 2 heterocycles. The highest BCUT2D eigenvalue weighted by Gasteiger charge is 2.04. The van der Waals surface area contributed by atoms with Crippen LogP contribution in [0.2, 0.25) is 0 Å². The average molecular weight is 223 g/mol. The number of hydrogen-bond acceptors (Lipinski definition) is 7. The highest BCUT2D eigenvalue weighted by Crippen LogP contribution is 2.19. The predicted octanol–water partition coefficient (Wildman–Crippen LogP) is 1.04. The smallest absolute Gasteiger partial charge is 0.276 e. The summed E-state index contributed by atoms with van der Waals surface area (Å²) in [4.78, 5) is 8.03. The van der Waals surface area contributed by atoms with Crippen LogP contribution in [0, 0.1) is 6.92 Å². The van der Waals surface area contributed by atoms with Gasteiger partial charge in [0.1, 0.15) is 5.82 Å². The fraction of sp³-hybridized carbons (Fsp3) is 0.250. The van der Waals surface area contributed by atoms with Gasteiger partial charge in [-0.1, -0.05) is 11.8 Å². The third-order valence-electron chi connectivity index (χ3n) is 1.58. The summed E-state index contributed by atoms with van der Waals surface area (Å²) in [6.07, 6.45) is 3.15. The van der Waals surface area contributed by atoms with Crippen molar-refractivity contribution in [2.45, 2.75) is 17.9 Å². The molecule has 0 spiro atoms. The predicted molar refractivity (Wildman–Crippen MR) is 55.0 cm³/mol. The van der Waals surface area contributed by atoms with E-state index in [-0.39, 0.29) is 0 Å². The van der Waals surface area contributed by atoms with E-state index < -0.39 is 0 Å². The highest BCUT2D eigenvalue weighted by atomic mass is 32.2. The van der Waals surface area contributed by atoms with E-state index in [1.54, 1.807) is 13.1 Å². The Kier molecular flexibility index (Phi) is 2.82. The van der Waals surface area contributed by atoms with Crippen molar-refractivity contribution in [1.29, 1.82) is 0 Å². The number of aromatic nitrogens is 4. The molecule has 0 atom stereocenters. The molecule has 0 saturated carbocycles. The first kappa shape index (κ1) is 9.91. The van der Waals surface area contributed by atoms with E-state index in [0.29, 0.717) is 22.7 Å². The third-order valence-corrected chi connectivity index (χ3v) is 2.43. The molecule has 0 amide bonds. The maximum atomic E-state index is 5.42. The molecule has 2 aromatic rings. The summed E-state index contributed by atoms with van der Waals surface area (Å²) in [6, 6.07) is 0. The van der Waals surface area contributed by atoms with Gasteiger partial charge in [-0.25, -0.2) is 4.98 Å². The second-order valence-electron chi connectivity index (χ2n) is 2.81. The van der Waals surface area contributed by atoms with Gasteiger partial charge in [-0.3, -0.25) is 4.98 Å². The highest BCUT2D eigenvalue weighted by molar-refractivity contribution is 7.98. The number of nitrogens with two attached hydrogens (primary N) is 1. The number of nitrogens with zero attached hydrogens (tertiary/aromatic N) is 4. The lowest BCUT2D eigenvalue weighted by Gasteiger charge is -1.96. The van der Waals surface area contributed by atoms with E-state index in [2.05, 4.69) is 20.2 Å². The largest absolute Gasteiger partial charge is 0.416 e. The first-order valence-corrected chi connectivity index (χ1v) is 5.22. The molecular weight excluding hydrogens is 214 g/mol. The van der Waals surface area contributed by atoms with Crippen molar-refractivity contribution in [1.82, 2.24) is 20.2 Å². The van der Waals surface area contributed by atoms with Crippen molar-refractivity contribution in [2.24, 2.45) is 0 Å². The molecule has 0 saturated heterocycles. The molecule has 78 valence electrons. The summed E-state index contributed by atoms with van der Waals surface area (Å²) >= 11 is 1.42. The van der Waals surface area contributed by atoms with Crippen LogP contribution in [-0.4, -0.2) is 20.2 Å². The molecule has 0 fully saturated rings. The molecular formula is C8H9N5OS. The Labute approximate surface area is 90.3 Å². The van der Waals surface area contributed by atoms with E-state index in [0.717, 1.165) is 5.69 Å². The molecule has 6 nitrogen and oxygen atoms in total. The first-order valence-electron chi connectivity index (χ1n) is 4.23. The molecule has 0 radical (unpaired) electrons. The average Bonchev–Trinajstić information content (AvgIpc) is 2.64. The van der Waals surface area contributed by atoms with E-state index in [9.17, 15) is 0 Å². The van der Waals surface area contributed by atoms with Crippen molar-refractivity contribution in [3.05, 3.63) is 24.0 Å². The van der Waals surface area contributed by atoms with Crippen LogP contribution in [0.25, 0.3) is 0 Å². The van der Waals surface area contributed by atoms with Crippen LogP contribution in [0.5, 0.6) is 0 Å². The summed E-state index contributed by atoms with van der Waals surface area (Å²) < 4.78 is 5.20. The summed E-state index contributed by atoms with van der Waals surface area (Å²) in [5.41, 5.74) is 6.24. The minimum absolute atomic E-state index is 0.414. The molecule has 0 aliphatic carbocycles. The van der Waals surface area contributed by atoms with E-state index >= 15 is 0 Å². The summed E-state index contributed by atoms with van der Waals surface area (Å²) in [7, 11) is 0. The maximum absolute atomic E-state index is 5.42. The zero-order chi connectivity index (χ0) is 10.7. The van der Waals surface area contributed by atoms with Gasteiger partial charge >= 0.3 is 0 Å². The number of thioether (sulfide) groups is 1. The van der Waals surface area contributed by atoms with Crippen LogP contribution >= 0.6 is 11.8 Å². The summed E-state index contributed by atoms with van der Waals surface area (Å²) in [6.45, 7) is 1.75. The van der Waals surface area contributed by atoms with E-state index in [4.69, 9.17) is 10.2 Å². The fourth-order valence-electron chi connectivity index (χ4n) is 0.912. The molecule has 0 unspecified atom stereocenters. The van der Waals surface area contributed by atoms with Gasteiger partial charge in [0.15, 0.2) is 0 Å². The first-order chi connectivity index (χ1) is 7.24. The molecule has 0 bridgehead atoms. The van der Waals surface area contributed by atoms with E-state index in [1.807, 2.05) is 0 Å². The van der Waals surface area contributed by atoms with Crippen LogP contribution in [0.3, 0.4) is 0 Å². The fourth-order valence-corrected chi connectivity index (χ4v) is 1.61. The Hall–Kier alpha value is -1.63. The molecule has 15 heavy (non-hydrogen) atoms. The monoisotopic (exact) mass is 223 g/mol. The van der Waals surface area contributed by atoms with Crippen molar-refractivity contribution in [3.63, 3.8) is 0 Å². The van der Waals surface area contributed by atoms with Crippen LogP contribution in [0.1, 0.15) is 11.6 Å². The molecule has 0 aliphatic rings. The quantitative estimate of drug-likeness (QED) is 0.777. The standard InChI is InChI=1S/C8H9N5OS/c1-5-12-13-8(14-5)15-4-6-2-11-7(9)3-10-6/h2-3H,4H2,1H3,(H2,9,11). The summed E-state index contributed by atoms with van der Waals surface area (Å²) in [5.74, 6) is 1.60. The second kappa shape index (κ2) is 4.26. The lowest BCUT2D eigenvalue weighted by molar-refractivity contribution is 0.429. The van der Waals surface area contributed by atoms with Gasteiger partial charge in [0, 0.05) is 12.7 Å².